The molecule has 1 N–H and O–H groups in total. The molecule has 0 radical (unpaired) electrons. The number of amides is 3. The molecular weight excluding hydrogens is 500 g/mol. The monoisotopic (exact) mass is 534 g/mol. The van der Waals surface area contributed by atoms with Crippen molar-refractivity contribution in [3.05, 3.63) is 53.3 Å². The number of thiazole rings is 1. The number of ether oxygens (including phenoxy) is 1. The van der Waals surface area contributed by atoms with Gasteiger partial charge in [0.05, 0.1) is 17.1 Å². The smallest absolute Gasteiger partial charge is 0.410 e. The normalized spacial score (nSPS) is 13.8. The average Bonchev–Trinajstić information content (AvgIpc) is 3.27. The first-order chi connectivity index (χ1) is 18.0. The van der Waals surface area contributed by atoms with E-state index in [1.807, 2.05) is 65.0 Å². The molecule has 1 fully saturated rings. The highest BCUT2D eigenvalue weighted by Crippen LogP contribution is 2.40. The van der Waals surface area contributed by atoms with Gasteiger partial charge in [-0.2, -0.15) is 0 Å². The Morgan fingerprint density at radius 2 is 1.68 bits per heavy atom. The third-order valence-electron chi connectivity index (χ3n) is 5.90. The molecule has 0 saturated carbocycles. The first kappa shape index (κ1) is 27.3. The van der Waals surface area contributed by atoms with Gasteiger partial charge < -0.3 is 14.5 Å². The number of anilines is 1. The quantitative estimate of drug-likeness (QED) is 0.419. The molecule has 0 atom stereocenters. The van der Waals surface area contributed by atoms with Crippen molar-refractivity contribution >= 4 is 35.3 Å². The molecule has 38 heavy (non-hydrogen) atoms. The summed E-state index contributed by atoms with van der Waals surface area (Å²) in [6.07, 6.45) is -0.358. The molecule has 1 aliphatic rings. The lowest BCUT2D eigenvalue weighted by molar-refractivity contribution is 0.0174. The zero-order chi connectivity index (χ0) is 27.4. The summed E-state index contributed by atoms with van der Waals surface area (Å²) in [5.74, 6) is 0. The summed E-state index contributed by atoms with van der Waals surface area (Å²) in [6, 6.07) is 11.9. The molecule has 0 unspecified atom stereocenters. The van der Waals surface area contributed by atoms with Gasteiger partial charge in [0.25, 0.3) is 0 Å². The fraction of sp³-hybridized carbons (Fsp3) is 0.393. The van der Waals surface area contributed by atoms with Crippen LogP contribution >= 0.6 is 11.3 Å². The number of aromatic nitrogens is 2. The standard InChI is InChI=1S/C28H34N6O3S/c1-18-14-22(15-19(2)30-18)24-23(21-9-7-8-20(16-21)17-29-6)31-25(38-24)32-26(35)33-10-12-34(13-11-33)27(36)37-28(3,4)5/h7-9,14-16H,6,10-13,17H2,1-5H3,(H,31,32,35). The molecule has 0 spiro atoms. The van der Waals surface area contributed by atoms with Crippen molar-refractivity contribution in [1.29, 1.82) is 0 Å². The minimum Gasteiger partial charge on any atom is -0.444 e. The zero-order valence-corrected chi connectivity index (χ0v) is 23.4. The molecule has 1 aromatic carbocycles. The highest BCUT2D eigenvalue weighted by molar-refractivity contribution is 7.19. The number of piperazine rings is 1. The maximum absolute atomic E-state index is 13.1. The molecule has 1 saturated heterocycles. The molecule has 3 amide bonds. The molecule has 200 valence electrons. The Kier molecular flexibility index (Phi) is 8.11. The summed E-state index contributed by atoms with van der Waals surface area (Å²) in [5, 5.41) is 3.49. The second-order valence-corrected chi connectivity index (χ2v) is 11.3. The number of hydrogen-bond acceptors (Lipinski definition) is 7. The van der Waals surface area contributed by atoms with E-state index < -0.39 is 5.60 Å². The van der Waals surface area contributed by atoms with Gasteiger partial charge in [0.1, 0.15) is 5.60 Å². The summed E-state index contributed by atoms with van der Waals surface area (Å²) in [6.45, 7) is 15.2. The van der Waals surface area contributed by atoms with Crippen molar-refractivity contribution in [3.8, 4) is 21.7 Å². The Morgan fingerprint density at radius 1 is 1.03 bits per heavy atom. The molecule has 0 bridgehead atoms. The molecule has 10 heteroatoms. The third-order valence-corrected chi connectivity index (χ3v) is 6.92. The second kappa shape index (κ2) is 11.3. The fourth-order valence-corrected chi connectivity index (χ4v) is 5.23. The average molecular weight is 535 g/mol. The van der Waals surface area contributed by atoms with E-state index in [0.29, 0.717) is 37.9 Å². The predicted octanol–water partition coefficient (Wildman–Crippen LogP) is 5.77. The summed E-state index contributed by atoms with van der Waals surface area (Å²) < 4.78 is 5.45. The fourth-order valence-electron chi connectivity index (χ4n) is 4.27. The summed E-state index contributed by atoms with van der Waals surface area (Å²) >= 11 is 1.43. The number of pyridine rings is 1. The van der Waals surface area contributed by atoms with Crippen molar-refractivity contribution < 1.29 is 14.3 Å². The Balaban J connectivity index is 1.55. The van der Waals surface area contributed by atoms with Gasteiger partial charge in [0.2, 0.25) is 0 Å². The largest absolute Gasteiger partial charge is 0.444 e. The Morgan fingerprint density at radius 3 is 2.32 bits per heavy atom. The van der Waals surface area contributed by atoms with Crippen molar-refractivity contribution in [3.63, 3.8) is 0 Å². The van der Waals surface area contributed by atoms with E-state index in [1.54, 1.807) is 9.80 Å². The van der Waals surface area contributed by atoms with Gasteiger partial charge in [0, 0.05) is 43.1 Å². The molecule has 4 rings (SSSR count). The van der Waals surface area contributed by atoms with E-state index in [1.165, 1.54) is 11.3 Å². The molecule has 2 aromatic heterocycles. The number of carbonyl (C=O) groups is 2. The number of aliphatic imine (C=N–C) groups is 1. The van der Waals surface area contributed by atoms with Crippen LogP contribution in [0.15, 0.2) is 41.4 Å². The highest BCUT2D eigenvalue weighted by Gasteiger charge is 2.28. The van der Waals surface area contributed by atoms with Gasteiger partial charge in [-0.3, -0.25) is 15.3 Å². The molecule has 3 heterocycles. The topological polar surface area (TPSA) is 100 Å². The zero-order valence-electron chi connectivity index (χ0n) is 22.6. The summed E-state index contributed by atoms with van der Waals surface area (Å²) in [7, 11) is 0. The first-order valence-electron chi connectivity index (χ1n) is 12.5. The maximum Gasteiger partial charge on any atom is 0.410 e. The number of benzene rings is 1. The van der Waals surface area contributed by atoms with E-state index in [9.17, 15) is 9.59 Å². The molecule has 0 aliphatic carbocycles. The van der Waals surface area contributed by atoms with Gasteiger partial charge in [-0.1, -0.05) is 29.5 Å². The van der Waals surface area contributed by atoms with Crippen molar-refractivity contribution in [2.45, 2.75) is 46.8 Å². The van der Waals surface area contributed by atoms with Crippen LogP contribution in [0.1, 0.15) is 37.7 Å². The van der Waals surface area contributed by atoms with Crippen LogP contribution in [0.25, 0.3) is 21.7 Å². The van der Waals surface area contributed by atoms with Gasteiger partial charge >= 0.3 is 12.1 Å². The van der Waals surface area contributed by atoms with Crippen LogP contribution in [0.4, 0.5) is 14.7 Å². The van der Waals surface area contributed by atoms with E-state index in [0.717, 1.165) is 38.6 Å². The number of hydrogen-bond donors (Lipinski definition) is 1. The maximum atomic E-state index is 13.1. The molecule has 3 aromatic rings. The van der Waals surface area contributed by atoms with Gasteiger partial charge in [-0.05, 0) is 70.7 Å². The van der Waals surface area contributed by atoms with Crippen molar-refractivity contribution in [2.75, 3.05) is 31.5 Å². The number of nitrogens with one attached hydrogen (secondary N) is 1. The predicted molar refractivity (Wildman–Crippen MR) is 152 cm³/mol. The minimum absolute atomic E-state index is 0.243. The minimum atomic E-state index is -0.556. The SMILES string of the molecule is C=NCc1cccc(-c2nc(NC(=O)N3CCN(C(=O)OC(C)(C)C)CC3)sc2-c2cc(C)nc(C)c2)c1. The Bertz CT molecular complexity index is 1320. The summed E-state index contributed by atoms with van der Waals surface area (Å²) in [4.78, 5) is 43.1. The van der Waals surface area contributed by atoms with Crippen LogP contribution in [-0.2, 0) is 11.3 Å². The second-order valence-electron chi connectivity index (χ2n) is 10.3. The van der Waals surface area contributed by atoms with Crippen LogP contribution in [-0.4, -0.2) is 70.4 Å². The number of urea groups is 1. The Labute approximate surface area is 227 Å². The number of carbonyl (C=O) groups excluding carboxylic acids is 2. The third kappa shape index (κ3) is 6.74. The molecule has 9 nitrogen and oxygen atoms in total. The van der Waals surface area contributed by atoms with Crippen LogP contribution in [0.5, 0.6) is 0 Å². The molecule has 1 aliphatic heterocycles. The van der Waals surface area contributed by atoms with E-state index >= 15 is 0 Å². The van der Waals surface area contributed by atoms with Crippen LogP contribution in [0.3, 0.4) is 0 Å². The van der Waals surface area contributed by atoms with Gasteiger partial charge in [-0.15, -0.1) is 0 Å². The molecular formula is C28H34N6O3S. The lowest BCUT2D eigenvalue weighted by Gasteiger charge is -2.35. The Hall–Kier alpha value is -3.79. The van der Waals surface area contributed by atoms with E-state index in [4.69, 9.17) is 9.72 Å². The lowest BCUT2D eigenvalue weighted by Crippen LogP contribution is -2.52. The van der Waals surface area contributed by atoms with Gasteiger partial charge in [0.15, 0.2) is 5.13 Å². The van der Waals surface area contributed by atoms with Gasteiger partial charge in [-0.25, -0.2) is 14.6 Å². The highest BCUT2D eigenvalue weighted by atomic mass is 32.1. The van der Waals surface area contributed by atoms with E-state index in [-0.39, 0.29) is 12.1 Å². The lowest BCUT2D eigenvalue weighted by atomic mass is 10.0. The van der Waals surface area contributed by atoms with Crippen molar-refractivity contribution in [1.82, 2.24) is 19.8 Å². The van der Waals surface area contributed by atoms with Crippen LogP contribution < -0.4 is 5.32 Å². The van der Waals surface area contributed by atoms with E-state index in [2.05, 4.69) is 28.1 Å². The number of aryl methyl sites for hydroxylation is 2. The first-order valence-corrected chi connectivity index (χ1v) is 13.4. The van der Waals surface area contributed by atoms with Crippen molar-refractivity contribution in [2.24, 2.45) is 4.99 Å². The number of nitrogens with zero attached hydrogens (tertiary/aromatic N) is 5. The van der Waals surface area contributed by atoms with Crippen LogP contribution in [0, 0.1) is 13.8 Å². The summed E-state index contributed by atoms with van der Waals surface area (Å²) in [5.41, 5.74) is 5.04. The number of rotatable bonds is 5. The van der Waals surface area contributed by atoms with Crippen LogP contribution in [0.2, 0.25) is 0 Å².